The van der Waals surface area contributed by atoms with Crippen LogP contribution in [-0.4, -0.2) is 59.8 Å². The summed E-state index contributed by atoms with van der Waals surface area (Å²) < 4.78 is 6.83. The Morgan fingerprint density at radius 3 is 2.62 bits per heavy atom. The van der Waals surface area contributed by atoms with Crippen molar-refractivity contribution in [2.75, 3.05) is 39.4 Å². The van der Waals surface area contributed by atoms with Crippen molar-refractivity contribution in [3.8, 4) is 5.69 Å². The SMILES string of the molecule is O=C(NCCCN1CCOCC1)c1ccc(-n2cnc3ccccc3c2=O)cc1. The zero-order valence-electron chi connectivity index (χ0n) is 16.2. The number of para-hydroxylation sites is 1. The van der Waals surface area contributed by atoms with Crippen LogP contribution in [-0.2, 0) is 4.74 Å². The van der Waals surface area contributed by atoms with Gasteiger partial charge in [-0.3, -0.25) is 19.1 Å². The zero-order valence-corrected chi connectivity index (χ0v) is 16.2. The first-order valence-electron chi connectivity index (χ1n) is 9.87. The minimum absolute atomic E-state index is 0.109. The number of nitrogens with zero attached hydrogens (tertiary/aromatic N) is 3. The molecule has 0 bridgehead atoms. The van der Waals surface area contributed by atoms with E-state index < -0.39 is 0 Å². The molecular formula is C22H24N4O3. The molecule has 0 atom stereocenters. The van der Waals surface area contributed by atoms with Gasteiger partial charge in [0.2, 0.25) is 0 Å². The number of aromatic nitrogens is 2. The van der Waals surface area contributed by atoms with Crippen molar-refractivity contribution < 1.29 is 9.53 Å². The Balaban J connectivity index is 1.37. The molecule has 3 aromatic rings. The van der Waals surface area contributed by atoms with Crippen LogP contribution in [0.15, 0.2) is 59.7 Å². The van der Waals surface area contributed by atoms with Crippen LogP contribution in [0, 0.1) is 0 Å². The molecule has 0 aliphatic carbocycles. The third-order valence-electron chi connectivity index (χ3n) is 5.11. The summed E-state index contributed by atoms with van der Waals surface area (Å²) >= 11 is 0. The van der Waals surface area contributed by atoms with E-state index >= 15 is 0 Å². The standard InChI is InChI=1S/C22H24N4O3/c27-21(23-10-3-11-25-12-14-29-15-13-25)17-6-8-18(9-7-17)26-16-24-20-5-2-1-4-19(20)22(26)28/h1-2,4-9,16H,3,10-15H2,(H,23,27). The highest BCUT2D eigenvalue weighted by atomic mass is 16.5. The summed E-state index contributed by atoms with van der Waals surface area (Å²) in [5.74, 6) is -0.109. The quantitative estimate of drug-likeness (QED) is 0.648. The van der Waals surface area contributed by atoms with Crippen LogP contribution in [0.1, 0.15) is 16.8 Å². The highest BCUT2D eigenvalue weighted by Gasteiger charge is 2.11. The van der Waals surface area contributed by atoms with E-state index in [2.05, 4.69) is 15.2 Å². The highest BCUT2D eigenvalue weighted by Crippen LogP contribution is 2.11. The molecule has 0 spiro atoms. The molecule has 29 heavy (non-hydrogen) atoms. The maximum absolute atomic E-state index is 12.7. The van der Waals surface area contributed by atoms with Gasteiger partial charge in [0.1, 0.15) is 6.33 Å². The molecule has 0 unspecified atom stereocenters. The molecule has 1 fully saturated rings. The molecule has 2 heterocycles. The number of morpholine rings is 1. The fourth-order valence-electron chi connectivity index (χ4n) is 3.46. The summed E-state index contributed by atoms with van der Waals surface area (Å²) in [6, 6.07) is 14.2. The Morgan fingerprint density at radius 1 is 1.07 bits per heavy atom. The fourth-order valence-corrected chi connectivity index (χ4v) is 3.46. The summed E-state index contributed by atoms with van der Waals surface area (Å²) in [4.78, 5) is 31.7. The maximum Gasteiger partial charge on any atom is 0.265 e. The van der Waals surface area contributed by atoms with Crippen LogP contribution in [0.5, 0.6) is 0 Å². The number of nitrogens with one attached hydrogen (secondary N) is 1. The number of fused-ring (bicyclic) bond motifs is 1. The Bertz CT molecular complexity index is 1040. The fraction of sp³-hybridized carbons (Fsp3) is 0.318. The van der Waals surface area contributed by atoms with Gasteiger partial charge in [0, 0.05) is 25.2 Å². The van der Waals surface area contributed by atoms with Gasteiger partial charge in [0.15, 0.2) is 0 Å². The summed E-state index contributed by atoms with van der Waals surface area (Å²) in [5.41, 5.74) is 1.79. The first kappa shape index (κ1) is 19.3. The van der Waals surface area contributed by atoms with E-state index in [4.69, 9.17) is 4.74 Å². The number of carbonyl (C=O) groups is 1. The summed E-state index contributed by atoms with van der Waals surface area (Å²) in [5, 5.41) is 3.52. The van der Waals surface area contributed by atoms with Gasteiger partial charge in [0.05, 0.1) is 29.8 Å². The smallest absolute Gasteiger partial charge is 0.265 e. The second kappa shape index (κ2) is 8.98. The topological polar surface area (TPSA) is 76.5 Å². The summed E-state index contributed by atoms with van der Waals surface area (Å²) in [6.45, 7) is 5.08. The molecule has 0 saturated carbocycles. The lowest BCUT2D eigenvalue weighted by atomic mass is 10.2. The maximum atomic E-state index is 12.7. The van der Waals surface area contributed by atoms with Crippen LogP contribution in [0.4, 0.5) is 0 Å². The van der Waals surface area contributed by atoms with Gasteiger partial charge in [-0.05, 0) is 49.4 Å². The van der Waals surface area contributed by atoms with Crippen LogP contribution in [0.3, 0.4) is 0 Å². The average molecular weight is 392 g/mol. The first-order valence-corrected chi connectivity index (χ1v) is 9.87. The Kier molecular flexibility index (Phi) is 5.97. The Morgan fingerprint density at radius 2 is 1.83 bits per heavy atom. The van der Waals surface area contributed by atoms with Gasteiger partial charge in [-0.2, -0.15) is 0 Å². The monoisotopic (exact) mass is 392 g/mol. The molecule has 0 radical (unpaired) electrons. The largest absolute Gasteiger partial charge is 0.379 e. The van der Waals surface area contributed by atoms with Crippen LogP contribution < -0.4 is 10.9 Å². The highest BCUT2D eigenvalue weighted by molar-refractivity contribution is 5.94. The second-order valence-electron chi connectivity index (χ2n) is 7.05. The molecule has 1 aliphatic heterocycles. The Labute approximate surface area is 168 Å². The zero-order chi connectivity index (χ0) is 20.1. The van der Waals surface area contributed by atoms with E-state index in [-0.39, 0.29) is 11.5 Å². The lowest BCUT2D eigenvalue weighted by molar-refractivity contribution is 0.0374. The summed E-state index contributed by atoms with van der Waals surface area (Å²) in [6.07, 6.45) is 2.42. The van der Waals surface area contributed by atoms with Crippen molar-refractivity contribution in [1.29, 1.82) is 0 Å². The molecule has 1 aliphatic rings. The van der Waals surface area contributed by atoms with Crippen LogP contribution in [0.25, 0.3) is 16.6 Å². The normalized spacial score (nSPS) is 14.8. The number of benzene rings is 2. The second-order valence-corrected chi connectivity index (χ2v) is 7.05. The minimum Gasteiger partial charge on any atom is -0.379 e. The van der Waals surface area contributed by atoms with Crippen molar-refractivity contribution >= 4 is 16.8 Å². The molecule has 7 heteroatoms. The van der Waals surface area contributed by atoms with E-state index in [0.717, 1.165) is 39.3 Å². The van der Waals surface area contributed by atoms with Gasteiger partial charge in [0.25, 0.3) is 11.5 Å². The van der Waals surface area contributed by atoms with Crippen molar-refractivity contribution in [2.45, 2.75) is 6.42 Å². The lowest BCUT2D eigenvalue weighted by Crippen LogP contribution is -2.38. The minimum atomic E-state index is -0.129. The van der Waals surface area contributed by atoms with Crippen molar-refractivity contribution in [3.63, 3.8) is 0 Å². The molecule has 4 rings (SSSR count). The van der Waals surface area contributed by atoms with E-state index in [0.29, 0.717) is 28.7 Å². The molecule has 2 aromatic carbocycles. The Hall–Kier alpha value is -3.03. The van der Waals surface area contributed by atoms with E-state index in [1.807, 2.05) is 18.2 Å². The van der Waals surface area contributed by atoms with Gasteiger partial charge >= 0.3 is 0 Å². The van der Waals surface area contributed by atoms with Gasteiger partial charge < -0.3 is 10.1 Å². The number of hydrogen-bond donors (Lipinski definition) is 1. The lowest BCUT2D eigenvalue weighted by Gasteiger charge is -2.26. The van der Waals surface area contributed by atoms with Gasteiger partial charge in [-0.15, -0.1) is 0 Å². The first-order chi connectivity index (χ1) is 14.2. The molecular weight excluding hydrogens is 368 g/mol. The predicted octanol–water partition coefficient (Wildman–Crippen LogP) is 1.84. The van der Waals surface area contributed by atoms with Gasteiger partial charge in [-0.25, -0.2) is 4.98 Å². The number of amides is 1. The van der Waals surface area contributed by atoms with E-state index in [1.165, 1.54) is 10.9 Å². The summed E-state index contributed by atoms with van der Waals surface area (Å²) in [7, 11) is 0. The average Bonchev–Trinajstić information content (AvgIpc) is 2.78. The van der Waals surface area contributed by atoms with Crippen LogP contribution >= 0.6 is 0 Å². The van der Waals surface area contributed by atoms with E-state index in [9.17, 15) is 9.59 Å². The third-order valence-corrected chi connectivity index (χ3v) is 5.11. The van der Waals surface area contributed by atoms with Gasteiger partial charge in [-0.1, -0.05) is 12.1 Å². The number of carbonyl (C=O) groups excluding carboxylic acids is 1. The molecule has 1 aromatic heterocycles. The number of ether oxygens (including phenoxy) is 1. The van der Waals surface area contributed by atoms with Crippen molar-refractivity contribution in [2.24, 2.45) is 0 Å². The van der Waals surface area contributed by atoms with Crippen molar-refractivity contribution in [1.82, 2.24) is 19.8 Å². The number of rotatable bonds is 6. The molecule has 7 nitrogen and oxygen atoms in total. The van der Waals surface area contributed by atoms with Crippen LogP contribution in [0.2, 0.25) is 0 Å². The number of hydrogen-bond acceptors (Lipinski definition) is 5. The predicted molar refractivity (Wildman–Crippen MR) is 112 cm³/mol. The van der Waals surface area contributed by atoms with Crippen molar-refractivity contribution in [3.05, 3.63) is 70.8 Å². The molecule has 1 amide bonds. The molecule has 1 saturated heterocycles. The molecule has 150 valence electrons. The van der Waals surface area contributed by atoms with E-state index in [1.54, 1.807) is 30.3 Å². The molecule has 1 N–H and O–H groups in total. The third kappa shape index (κ3) is 4.52.